The summed E-state index contributed by atoms with van der Waals surface area (Å²) in [5, 5.41) is 0. The lowest BCUT2D eigenvalue weighted by Crippen LogP contribution is -2.32. The average Bonchev–Trinajstić information content (AvgIpc) is 2.34. The van der Waals surface area contributed by atoms with E-state index in [1.54, 1.807) is 4.90 Å². The van der Waals surface area contributed by atoms with E-state index in [0.717, 1.165) is 17.5 Å². The minimum absolute atomic E-state index is 0.0335. The zero-order chi connectivity index (χ0) is 14.6. The molecule has 0 aliphatic heterocycles. The monoisotopic (exact) mass is 262 g/mol. The van der Waals surface area contributed by atoms with Crippen molar-refractivity contribution >= 4 is 5.91 Å². The molecule has 0 saturated heterocycles. The molecule has 1 atom stereocenters. The summed E-state index contributed by atoms with van der Waals surface area (Å²) in [7, 11) is 1.84. The molecule has 0 bridgehead atoms. The average molecular weight is 262 g/mol. The van der Waals surface area contributed by atoms with Gasteiger partial charge in [-0.15, -0.1) is 0 Å². The maximum atomic E-state index is 12.5. The molecule has 0 spiro atoms. The van der Waals surface area contributed by atoms with Crippen molar-refractivity contribution in [3.63, 3.8) is 0 Å². The van der Waals surface area contributed by atoms with Gasteiger partial charge in [0.15, 0.2) is 0 Å². The number of amides is 1. The van der Waals surface area contributed by atoms with Crippen LogP contribution in [0.5, 0.6) is 0 Å². The molecule has 0 fully saturated rings. The summed E-state index contributed by atoms with van der Waals surface area (Å²) in [5.41, 5.74) is 7.59. The van der Waals surface area contributed by atoms with Crippen molar-refractivity contribution in [2.24, 2.45) is 5.73 Å². The maximum Gasteiger partial charge on any atom is 0.253 e. The first kappa shape index (κ1) is 15.7. The molecular weight excluding hydrogens is 236 g/mol. The molecule has 1 aromatic carbocycles. The Morgan fingerprint density at radius 3 is 2.42 bits per heavy atom. The van der Waals surface area contributed by atoms with Crippen LogP contribution < -0.4 is 5.73 Å². The Hall–Kier alpha value is -1.35. The molecule has 2 N–H and O–H groups in total. The molecule has 0 aliphatic carbocycles. The van der Waals surface area contributed by atoms with Gasteiger partial charge in [0.05, 0.1) is 0 Å². The van der Waals surface area contributed by atoms with Gasteiger partial charge >= 0.3 is 0 Å². The lowest BCUT2D eigenvalue weighted by Gasteiger charge is -2.25. The maximum absolute atomic E-state index is 12.5. The van der Waals surface area contributed by atoms with E-state index in [1.807, 2.05) is 38.2 Å². The normalized spacial score (nSPS) is 13.2. The minimum atomic E-state index is -0.0335. The highest BCUT2D eigenvalue weighted by Crippen LogP contribution is 2.26. The summed E-state index contributed by atoms with van der Waals surface area (Å²) in [6, 6.07) is 7.96. The smallest absolute Gasteiger partial charge is 0.253 e. The first-order chi connectivity index (χ1) is 8.73. The van der Waals surface area contributed by atoms with Gasteiger partial charge in [-0.25, -0.2) is 0 Å². The van der Waals surface area contributed by atoms with Crippen LogP contribution in [0, 0.1) is 0 Å². The minimum Gasteiger partial charge on any atom is -0.342 e. The molecular formula is C16H26N2O. The third kappa shape index (κ3) is 4.35. The summed E-state index contributed by atoms with van der Waals surface area (Å²) in [4.78, 5) is 14.3. The molecule has 1 rings (SSSR count). The lowest BCUT2D eigenvalue weighted by atomic mass is 9.83. The lowest BCUT2D eigenvalue weighted by molar-refractivity contribution is 0.0789. The Morgan fingerprint density at radius 2 is 1.89 bits per heavy atom. The quantitative estimate of drug-likeness (QED) is 0.907. The highest BCUT2D eigenvalue weighted by atomic mass is 16.2. The molecule has 106 valence electrons. The van der Waals surface area contributed by atoms with Gasteiger partial charge in [0.1, 0.15) is 0 Å². The van der Waals surface area contributed by atoms with Crippen molar-refractivity contribution in [1.29, 1.82) is 0 Å². The number of nitrogens with zero attached hydrogens (tertiary/aromatic N) is 1. The van der Waals surface area contributed by atoms with Crippen LogP contribution in [-0.4, -0.2) is 30.4 Å². The van der Waals surface area contributed by atoms with E-state index in [1.165, 1.54) is 0 Å². The zero-order valence-electron chi connectivity index (χ0n) is 12.7. The summed E-state index contributed by atoms with van der Waals surface area (Å²) in [5.74, 6) is 0.0752. The fraction of sp³-hybridized carbons (Fsp3) is 0.562. The van der Waals surface area contributed by atoms with Gasteiger partial charge in [-0.3, -0.25) is 4.79 Å². The number of hydrogen-bond acceptors (Lipinski definition) is 2. The van der Waals surface area contributed by atoms with E-state index >= 15 is 0 Å². The van der Waals surface area contributed by atoms with Crippen LogP contribution in [-0.2, 0) is 5.41 Å². The van der Waals surface area contributed by atoms with Gasteiger partial charge in [0, 0.05) is 25.2 Å². The van der Waals surface area contributed by atoms with Crippen molar-refractivity contribution in [1.82, 2.24) is 4.90 Å². The topological polar surface area (TPSA) is 46.3 Å². The molecule has 0 saturated carbocycles. The first-order valence-electron chi connectivity index (χ1n) is 6.84. The second kappa shape index (κ2) is 6.20. The third-order valence-corrected chi connectivity index (χ3v) is 3.23. The van der Waals surface area contributed by atoms with Crippen molar-refractivity contribution in [2.75, 3.05) is 13.6 Å². The van der Waals surface area contributed by atoms with Gasteiger partial charge in [-0.2, -0.15) is 0 Å². The van der Waals surface area contributed by atoms with Crippen LogP contribution in [0.25, 0.3) is 0 Å². The third-order valence-electron chi connectivity index (χ3n) is 3.23. The number of carbonyl (C=O) groups is 1. The summed E-state index contributed by atoms with van der Waals surface area (Å²) in [6.07, 6.45) is 0.819. The zero-order valence-corrected chi connectivity index (χ0v) is 12.7. The summed E-state index contributed by atoms with van der Waals surface area (Å²) < 4.78 is 0. The second-order valence-corrected chi connectivity index (χ2v) is 6.29. The molecule has 1 aromatic rings. The van der Waals surface area contributed by atoms with E-state index in [2.05, 4.69) is 20.8 Å². The van der Waals surface area contributed by atoms with E-state index in [-0.39, 0.29) is 17.4 Å². The van der Waals surface area contributed by atoms with E-state index in [9.17, 15) is 4.79 Å². The molecule has 3 heteroatoms. The number of rotatable bonds is 4. The molecule has 0 aromatic heterocycles. The van der Waals surface area contributed by atoms with E-state index < -0.39 is 0 Å². The van der Waals surface area contributed by atoms with Crippen molar-refractivity contribution in [2.45, 2.75) is 45.6 Å². The second-order valence-electron chi connectivity index (χ2n) is 6.29. The predicted octanol–water partition coefficient (Wildman–Crippen LogP) is 2.79. The summed E-state index contributed by atoms with van der Waals surface area (Å²) in [6.45, 7) is 9.03. The van der Waals surface area contributed by atoms with Gasteiger partial charge in [0.2, 0.25) is 0 Å². The van der Waals surface area contributed by atoms with Gasteiger partial charge in [0.25, 0.3) is 5.91 Å². The number of nitrogens with two attached hydrogens (primary N) is 1. The largest absolute Gasteiger partial charge is 0.342 e. The van der Waals surface area contributed by atoms with Crippen molar-refractivity contribution in [3.05, 3.63) is 35.4 Å². The fourth-order valence-corrected chi connectivity index (χ4v) is 2.03. The Morgan fingerprint density at radius 1 is 1.32 bits per heavy atom. The Bertz CT molecular complexity index is 433. The van der Waals surface area contributed by atoms with Gasteiger partial charge < -0.3 is 10.6 Å². The fourth-order valence-electron chi connectivity index (χ4n) is 2.03. The highest BCUT2D eigenvalue weighted by Gasteiger charge is 2.22. The highest BCUT2D eigenvalue weighted by molar-refractivity contribution is 5.95. The Labute approximate surface area is 116 Å². The first-order valence-corrected chi connectivity index (χ1v) is 6.84. The van der Waals surface area contributed by atoms with Gasteiger partial charge in [-0.1, -0.05) is 39.0 Å². The summed E-state index contributed by atoms with van der Waals surface area (Å²) >= 11 is 0. The molecule has 0 heterocycles. The standard InChI is InChI=1S/C16H26N2O/c1-12(17)10-11-18(5)15(19)13-8-6-7-9-14(13)16(2,3)4/h6-9,12H,10-11,17H2,1-5H3. The van der Waals surface area contributed by atoms with Crippen LogP contribution in [0.3, 0.4) is 0 Å². The van der Waals surface area contributed by atoms with Gasteiger partial charge in [-0.05, 0) is 30.4 Å². The molecule has 0 aliphatic rings. The molecule has 0 radical (unpaired) electrons. The SMILES string of the molecule is CC(N)CCN(C)C(=O)c1ccccc1C(C)(C)C. The van der Waals surface area contributed by atoms with Crippen LogP contribution in [0.4, 0.5) is 0 Å². The molecule has 1 amide bonds. The van der Waals surface area contributed by atoms with E-state index in [0.29, 0.717) is 6.54 Å². The number of hydrogen-bond donors (Lipinski definition) is 1. The van der Waals surface area contributed by atoms with Crippen LogP contribution in [0.2, 0.25) is 0 Å². The van der Waals surface area contributed by atoms with E-state index in [4.69, 9.17) is 5.73 Å². The van der Waals surface area contributed by atoms with Crippen LogP contribution in [0.15, 0.2) is 24.3 Å². The molecule has 1 unspecified atom stereocenters. The Kier molecular flexibility index (Phi) is 5.12. The number of benzene rings is 1. The van der Waals surface area contributed by atoms with Crippen LogP contribution in [0.1, 0.15) is 50.0 Å². The molecule has 19 heavy (non-hydrogen) atoms. The predicted molar refractivity (Wildman–Crippen MR) is 80.4 cm³/mol. The van der Waals surface area contributed by atoms with Crippen molar-refractivity contribution < 1.29 is 4.79 Å². The van der Waals surface area contributed by atoms with Crippen molar-refractivity contribution in [3.8, 4) is 0 Å². The van der Waals surface area contributed by atoms with Crippen LogP contribution >= 0.6 is 0 Å². The Balaban J connectivity index is 2.94. The number of carbonyl (C=O) groups excluding carboxylic acids is 1. The molecule has 3 nitrogen and oxygen atoms in total.